The molecule has 0 aliphatic carbocycles. The van der Waals surface area contributed by atoms with Gasteiger partial charge in [0.05, 0.1) is 18.2 Å². The summed E-state index contributed by atoms with van der Waals surface area (Å²) in [6.45, 7) is 1.61. The van der Waals surface area contributed by atoms with Gasteiger partial charge in [-0.15, -0.1) is 0 Å². The number of para-hydroxylation sites is 1. The SMILES string of the molecule is COc1ccc(C2CNC[C@H]2Nc2nc(-c3cc(F)ccc3O)nc3ccccc23)cc1. The molecule has 1 aromatic heterocycles. The van der Waals surface area contributed by atoms with E-state index in [9.17, 15) is 9.50 Å². The maximum Gasteiger partial charge on any atom is 0.165 e. The lowest BCUT2D eigenvalue weighted by Gasteiger charge is -2.22. The number of halogens is 1. The largest absolute Gasteiger partial charge is 0.507 e. The maximum atomic E-state index is 13.9. The second-order valence-corrected chi connectivity index (χ2v) is 7.86. The molecule has 0 bridgehead atoms. The summed E-state index contributed by atoms with van der Waals surface area (Å²) in [5, 5.41) is 18.2. The number of aromatic hydroxyl groups is 1. The van der Waals surface area contributed by atoms with E-state index in [0.29, 0.717) is 5.82 Å². The van der Waals surface area contributed by atoms with E-state index in [1.807, 2.05) is 36.4 Å². The van der Waals surface area contributed by atoms with Crippen LogP contribution >= 0.6 is 0 Å². The van der Waals surface area contributed by atoms with Crippen molar-refractivity contribution in [2.75, 3.05) is 25.5 Å². The molecule has 1 aliphatic rings. The van der Waals surface area contributed by atoms with Crippen LogP contribution in [0.3, 0.4) is 0 Å². The molecular weight excluding hydrogens is 407 g/mol. The Morgan fingerprint density at radius 2 is 1.84 bits per heavy atom. The molecule has 0 saturated carbocycles. The Bertz CT molecular complexity index is 1260. The molecule has 0 radical (unpaired) electrons. The van der Waals surface area contributed by atoms with Gasteiger partial charge in [0.15, 0.2) is 5.82 Å². The van der Waals surface area contributed by atoms with E-state index in [-0.39, 0.29) is 29.1 Å². The van der Waals surface area contributed by atoms with Crippen molar-refractivity contribution in [3.8, 4) is 22.9 Å². The first kappa shape index (κ1) is 20.2. The summed E-state index contributed by atoms with van der Waals surface area (Å²) < 4.78 is 19.1. The molecule has 3 N–H and O–H groups in total. The second-order valence-electron chi connectivity index (χ2n) is 7.86. The minimum atomic E-state index is -0.455. The highest BCUT2D eigenvalue weighted by atomic mass is 19.1. The van der Waals surface area contributed by atoms with E-state index in [2.05, 4.69) is 27.8 Å². The van der Waals surface area contributed by atoms with Crippen LogP contribution in [0.4, 0.5) is 10.2 Å². The first-order chi connectivity index (χ1) is 15.6. The number of anilines is 1. The number of aromatic nitrogens is 2. The van der Waals surface area contributed by atoms with E-state index in [1.165, 1.54) is 23.8 Å². The Hall–Kier alpha value is -3.71. The summed E-state index contributed by atoms with van der Waals surface area (Å²) in [5.41, 5.74) is 2.18. The van der Waals surface area contributed by atoms with Crippen molar-refractivity contribution in [2.24, 2.45) is 0 Å². The Morgan fingerprint density at radius 3 is 2.66 bits per heavy atom. The number of hydrogen-bond acceptors (Lipinski definition) is 6. The quantitative estimate of drug-likeness (QED) is 0.438. The number of benzene rings is 3. The lowest BCUT2D eigenvalue weighted by molar-refractivity contribution is 0.414. The van der Waals surface area contributed by atoms with Gasteiger partial charge in [-0.3, -0.25) is 0 Å². The monoisotopic (exact) mass is 430 g/mol. The fraction of sp³-hybridized carbons (Fsp3) is 0.200. The zero-order valence-electron chi connectivity index (χ0n) is 17.5. The first-order valence-electron chi connectivity index (χ1n) is 10.5. The number of phenolic OH excluding ortho intramolecular Hbond substituents is 1. The van der Waals surface area contributed by atoms with Crippen molar-refractivity contribution in [3.05, 3.63) is 78.1 Å². The Morgan fingerprint density at radius 1 is 1.03 bits per heavy atom. The molecule has 0 amide bonds. The van der Waals surface area contributed by atoms with Crippen molar-refractivity contribution < 1.29 is 14.2 Å². The third-order valence-corrected chi connectivity index (χ3v) is 5.88. The molecule has 32 heavy (non-hydrogen) atoms. The van der Waals surface area contributed by atoms with Gasteiger partial charge in [-0.1, -0.05) is 24.3 Å². The van der Waals surface area contributed by atoms with Gasteiger partial charge in [0.2, 0.25) is 0 Å². The van der Waals surface area contributed by atoms with E-state index < -0.39 is 5.82 Å². The smallest absolute Gasteiger partial charge is 0.165 e. The number of rotatable bonds is 5. The van der Waals surface area contributed by atoms with Crippen LogP contribution in [0.15, 0.2) is 66.7 Å². The first-order valence-corrected chi connectivity index (χ1v) is 10.5. The van der Waals surface area contributed by atoms with Crippen molar-refractivity contribution in [2.45, 2.75) is 12.0 Å². The number of ether oxygens (including phenoxy) is 1. The molecule has 1 unspecified atom stereocenters. The predicted molar refractivity (Wildman–Crippen MR) is 123 cm³/mol. The summed E-state index contributed by atoms with van der Waals surface area (Å²) in [6, 6.07) is 19.6. The average molecular weight is 430 g/mol. The summed E-state index contributed by atoms with van der Waals surface area (Å²) in [7, 11) is 1.66. The lowest BCUT2D eigenvalue weighted by Crippen LogP contribution is -2.27. The predicted octanol–water partition coefficient (Wildman–Crippen LogP) is 4.32. The van der Waals surface area contributed by atoms with Gasteiger partial charge >= 0.3 is 0 Å². The second kappa shape index (κ2) is 8.43. The minimum absolute atomic E-state index is 0.0636. The van der Waals surface area contributed by atoms with Crippen molar-refractivity contribution in [1.29, 1.82) is 0 Å². The van der Waals surface area contributed by atoms with Crippen molar-refractivity contribution in [3.63, 3.8) is 0 Å². The van der Waals surface area contributed by atoms with E-state index in [0.717, 1.165) is 29.7 Å². The fourth-order valence-corrected chi connectivity index (χ4v) is 4.20. The molecule has 2 atom stereocenters. The van der Waals surface area contributed by atoms with Gasteiger partial charge in [-0.05, 0) is 48.0 Å². The van der Waals surface area contributed by atoms with Gasteiger partial charge in [0.25, 0.3) is 0 Å². The number of fused-ring (bicyclic) bond motifs is 1. The standard InChI is InChI=1S/C25H23FN4O2/c1-32-17-9-6-15(7-10-17)20-13-27-14-22(20)29-24-18-4-2-3-5-21(18)28-25(30-24)19-12-16(26)8-11-23(19)31/h2-12,20,22,27,31H,13-14H2,1H3,(H,28,29,30)/t20?,22-/m1/s1. The highest BCUT2D eigenvalue weighted by Crippen LogP contribution is 2.33. The van der Waals surface area contributed by atoms with E-state index in [4.69, 9.17) is 9.72 Å². The number of methoxy groups -OCH3 is 1. The molecule has 3 aromatic carbocycles. The molecule has 1 fully saturated rings. The molecule has 7 heteroatoms. The van der Waals surface area contributed by atoms with E-state index in [1.54, 1.807) is 7.11 Å². The normalized spacial score (nSPS) is 18.1. The zero-order chi connectivity index (χ0) is 22.1. The summed E-state index contributed by atoms with van der Waals surface area (Å²) in [4.78, 5) is 9.27. The summed E-state index contributed by atoms with van der Waals surface area (Å²) >= 11 is 0. The maximum absolute atomic E-state index is 13.9. The Balaban J connectivity index is 1.53. The van der Waals surface area contributed by atoms with Gasteiger partial charge in [0, 0.05) is 30.4 Å². The summed E-state index contributed by atoms with van der Waals surface area (Å²) in [5.74, 6) is 1.47. The van der Waals surface area contributed by atoms with Crippen molar-refractivity contribution >= 4 is 16.7 Å². The van der Waals surface area contributed by atoms with Crippen LogP contribution in [0.5, 0.6) is 11.5 Å². The van der Waals surface area contributed by atoms with Crippen LogP contribution in [0.1, 0.15) is 11.5 Å². The van der Waals surface area contributed by atoms with Crippen molar-refractivity contribution in [1.82, 2.24) is 15.3 Å². The fourth-order valence-electron chi connectivity index (χ4n) is 4.20. The molecule has 1 aliphatic heterocycles. The molecule has 4 aromatic rings. The topological polar surface area (TPSA) is 79.3 Å². The average Bonchev–Trinajstić information content (AvgIpc) is 3.28. The van der Waals surface area contributed by atoms with Crippen LogP contribution in [-0.2, 0) is 0 Å². The number of phenols is 1. The van der Waals surface area contributed by atoms with Crippen LogP contribution in [0.2, 0.25) is 0 Å². The number of nitrogens with one attached hydrogen (secondary N) is 2. The third kappa shape index (κ3) is 3.83. The molecule has 5 rings (SSSR count). The van der Waals surface area contributed by atoms with Crippen LogP contribution in [0.25, 0.3) is 22.3 Å². The van der Waals surface area contributed by atoms with E-state index >= 15 is 0 Å². The van der Waals surface area contributed by atoms with Gasteiger partial charge < -0.3 is 20.5 Å². The minimum Gasteiger partial charge on any atom is -0.507 e. The lowest BCUT2D eigenvalue weighted by atomic mass is 9.94. The molecule has 162 valence electrons. The number of nitrogens with zero attached hydrogens (tertiary/aromatic N) is 2. The Kier molecular flexibility index (Phi) is 5.33. The van der Waals surface area contributed by atoms with Crippen LogP contribution in [-0.4, -0.2) is 41.3 Å². The van der Waals surface area contributed by atoms with Gasteiger partial charge in [-0.25, -0.2) is 14.4 Å². The van der Waals surface area contributed by atoms with Crippen LogP contribution in [0, 0.1) is 5.82 Å². The zero-order valence-corrected chi connectivity index (χ0v) is 17.5. The molecular formula is C25H23FN4O2. The van der Waals surface area contributed by atoms with Gasteiger partial charge in [0.1, 0.15) is 23.1 Å². The Labute approximate surface area is 185 Å². The molecule has 6 nitrogen and oxygen atoms in total. The third-order valence-electron chi connectivity index (χ3n) is 5.88. The molecule has 1 saturated heterocycles. The molecule has 2 heterocycles. The van der Waals surface area contributed by atoms with Gasteiger partial charge in [-0.2, -0.15) is 0 Å². The molecule has 0 spiro atoms. The van der Waals surface area contributed by atoms with Crippen LogP contribution < -0.4 is 15.4 Å². The highest BCUT2D eigenvalue weighted by molar-refractivity contribution is 5.91. The number of hydrogen-bond donors (Lipinski definition) is 3. The highest BCUT2D eigenvalue weighted by Gasteiger charge is 2.29. The summed E-state index contributed by atoms with van der Waals surface area (Å²) in [6.07, 6.45) is 0.